The maximum absolute atomic E-state index is 13.3. The molecule has 2 aromatic carbocycles. The number of anilines is 2. The molecule has 0 saturated heterocycles. The molecule has 0 heterocycles. The van der Waals surface area contributed by atoms with Gasteiger partial charge in [0.1, 0.15) is 20.2 Å². The van der Waals surface area contributed by atoms with Crippen molar-refractivity contribution in [3.05, 3.63) is 46.5 Å². The van der Waals surface area contributed by atoms with Crippen molar-refractivity contribution in [3.63, 3.8) is 0 Å². The zero-order chi connectivity index (χ0) is 23.4. The number of rotatable bonds is 4. The van der Waals surface area contributed by atoms with E-state index in [9.17, 15) is 35.5 Å². The number of nitrogens with two attached hydrogens (primary N) is 1. The molecular formula is C20H18N2Na2O8S2. The van der Waals surface area contributed by atoms with Gasteiger partial charge in [0.2, 0.25) is 0 Å². The standard InChI is InChI=1S/C20H20N2O8S2.2Na/c21-15-13-14(18(24)12-9-5-4-8-11(12)17(13)23)16(22-10-6-2-1-3-7-10)20(32(28,29)30)19(15)31(25,26)27;;/h4-5,8-10,22H,1-3,6-7,21H2,(H,25,26,27)(H,28,29,30);;/q;2*+1/p-2. The number of nitrogens with one attached hydrogen (secondary N) is 1. The van der Waals surface area contributed by atoms with Gasteiger partial charge in [0, 0.05) is 17.2 Å². The van der Waals surface area contributed by atoms with Gasteiger partial charge in [-0.1, -0.05) is 43.5 Å². The topological polar surface area (TPSA) is 187 Å². The van der Waals surface area contributed by atoms with E-state index in [-0.39, 0.29) is 70.2 Å². The third-order valence-electron chi connectivity index (χ3n) is 5.77. The van der Waals surface area contributed by atoms with Crippen molar-refractivity contribution in [3.8, 4) is 0 Å². The van der Waals surface area contributed by atoms with Crippen LogP contribution in [0, 0.1) is 0 Å². The van der Waals surface area contributed by atoms with Crippen LogP contribution in [0.15, 0.2) is 34.1 Å². The van der Waals surface area contributed by atoms with Gasteiger partial charge in [0.15, 0.2) is 11.6 Å². The van der Waals surface area contributed by atoms with Crippen molar-refractivity contribution in [2.75, 3.05) is 11.1 Å². The minimum absolute atomic E-state index is 0. The zero-order valence-corrected chi connectivity index (χ0v) is 24.2. The first-order valence-corrected chi connectivity index (χ1v) is 12.6. The zero-order valence-electron chi connectivity index (χ0n) is 18.6. The summed E-state index contributed by atoms with van der Waals surface area (Å²) in [5, 5.41) is 2.79. The first kappa shape index (κ1) is 29.4. The van der Waals surface area contributed by atoms with Crippen molar-refractivity contribution in [1.29, 1.82) is 0 Å². The van der Waals surface area contributed by atoms with Crippen LogP contribution in [0.2, 0.25) is 0 Å². The fraction of sp³-hybridized carbons (Fsp3) is 0.300. The van der Waals surface area contributed by atoms with Gasteiger partial charge in [0.05, 0.1) is 32.3 Å². The number of hydrogen-bond acceptors (Lipinski definition) is 10. The maximum atomic E-state index is 13.3. The fourth-order valence-electron chi connectivity index (χ4n) is 4.41. The third-order valence-corrected chi connectivity index (χ3v) is 7.73. The molecule has 4 rings (SSSR count). The summed E-state index contributed by atoms with van der Waals surface area (Å²) < 4.78 is 72.6. The molecule has 0 aromatic heterocycles. The van der Waals surface area contributed by atoms with E-state index < -0.39 is 70.1 Å². The predicted molar refractivity (Wildman–Crippen MR) is 111 cm³/mol. The van der Waals surface area contributed by atoms with Gasteiger partial charge in [-0.2, -0.15) is 0 Å². The average molecular weight is 524 g/mol. The molecular weight excluding hydrogens is 506 g/mol. The molecule has 34 heavy (non-hydrogen) atoms. The first-order chi connectivity index (χ1) is 14.9. The minimum atomic E-state index is -5.62. The summed E-state index contributed by atoms with van der Waals surface area (Å²) in [5.74, 6) is -1.65. The Morgan fingerprint density at radius 1 is 0.794 bits per heavy atom. The molecule has 2 aromatic rings. The quantitative estimate of drug-likeness (QED) is 0.192. The summed E-state index contributed by atoms with van der Waals surface area (Å²) >= 11 is 0. The van der Waals surface area contributed by atoms with Crippen LogP contribution in [-0.4, -0.2) is 43.5 Å². The average Bonchev–Trinajstić information content (AvgIpc) is 2.71. The second kappa shape index (κ2) is 10.7. The number of carbonyl (C=O) groups is 2. The number of ketones is 2. The first-order valence-electron chi connectivity index (χ1n) is 9.79. The summed E-state index contributed by atoms with van der Waals surface area (Å²) in [6.45, 7) is 0. The molecule has 0 atom stereocenters. The Morgan fingerprint density at radius 3 is 1.74 bits per heavy atom. The SMILES string of the molecule is Nc1c2c(c(NC3CCCCC3)c(S(=O)(=O)[O-])c1S(=O)(=O)[O-])C(=O)c1ccccc1C2=O.[Na+].[Na+]. The van der Waals surface area contributed by atoms with Crippen molar-refractivity contribution in [2.24, 2.45) is 0 Å². The van der Waals surface area contributed by atoms with E-state index in [1.54, 1.807) is 0 Å². The molecule has 170 valence electrons. The van der Waals surface area contributed by atoms with Crippen LogP contribution < -0.4 is 70.2 Å². The molecule has 0 radical (unpaired) electrons. The molecule has 1 fully saturated rings. The van der Waals surface area contributed by atoms with Gasteiger partial charge < -0.3 is 20.2 Å². The molecule has 0 unspecified atom stereocenters. The molecule has 0 spiro atoms. The molecule has 14 heteroatoms. The van der Waals surface area contributed by atoms with Crippen LogP contribution in [0.5, 0.6) is 0 Å². The number of hydrogen-bond donors (Lipinski definition) is 2. The van der Waals surface area contributed by atoms with Crippen molar-refractivity contribution in [1.82, 2.24) is 0 Å². The number of nitrogen functional groups attached to an aromatic ring is 1. The van der Waals surface area contributed by atoms with Crippen molar-refractivity contribution >= 4 is 43.2 Å². The smallest absolute Gasteiger partial charge is 0.744 e. The van der Waals surface area contributed by atoms with Gasteiger partial charge in [0.25, 0.3) is 0 Å². The molecule has 2 aliphatic rings. The number of carbonyl (C=O) groups excluding carboxylic acids is 2. The molecule has 0 amide bonds. The number of benzene rings is 2. The van der Waals surface area contributed by atoms with E-state index in [2.05, 4.69) is 5.32 Å². The Hall–Kier alpha value is -0.800. The molecule has 3 N–H and O–H groups in total. The Balaban J connectivity index is 0.00000204. The monoisotopic (exact) mass is 524 g/mol. The summed E-state index contributed by atoms with van der Waals surface area (Å²) in [6, 6.07) is 5.25. The fourth-order valence-corrected chi connectivity index (χ4v) is 6.47. The van der Waals surface area contributed by atoms with Crippen LogP contribution in [0.4, 0.5) is 11.4 Å². The van der Waals surface area contributed by atoms with Gasteiger partial charge >= 0.3 is 59.1 Å². The third kappa shape index (κ3) is 5.17. The molecule has 10 nitrogen and oxygen atoms in total. The van der Waals surface area contributed by atoms with Gasteiger partial charge in [-0.15, -0.1) is 0 Å². The Bertz CT molecular complexity index is 1390. The van der Waals surface area contributed by atoms with Gasteiger partial charge in [-0.25, -0.2) is 16.8 Å². The molecule has 2 aliphatic carbocycles. The molecule has 0 bridgehead atoms. The predicted octanol–water partition coefficient (Wildman–Crippen LogP) is -4.39. The van der Waals surface area contributed by atoms with Crippen LogP contribution in [0.25, 0.3) is 0 Å². The normalized spacial score (nSPS) is 16.1. The Morgan fingerprint density at radius 2 is 1.26 bits per heavy atom. The second-order valence-corrected chi connectivity index (χ2v) is 10.4. The van der Waals surface area contributed by atoms with E-state index in [1.807, 2.05) is 0 Å². The summed E-state index contributed by atoms with van der Waals surface area (Å²) in [4.78, 5) is 23.6. The largest absolute Gasteiger partial charge is 1.00 e. The van der Waals surface area contributed by atoms with Crippen LogP contribution in [0.3, 0.4) is 0 Å². The van der Waals surface area contributed by atoms with Gasteiger partial charge in [-0.3, -0.25) is 9.59 Å². The van der Waals surface area contributed by atoms with Gasteiger partial charge in [-0.05, 0) is 12.8 Å². The van der Waals surface area contributed by atoms with Crippen LogP contribution in [0.1, 0.15) is 63.9 Å². The van der Waals surface area contributed by atoms with E-state index in [1.165, 1.54) is 24.3 Å². The van der Waals surface area contributed by atoms with Crippen molar-refractivity contribution in [2.45, 2.75) is 47.9 Å². The number of fused-ring (bicyclic) bond motifs is 2. The molecule has 0 aliphatic heterocycles. The maximum Gasteiger partial charge on any atom is 1.00 e. The van der Waals surface area contributed by atoms with E-state index in [4.69, 9.17) is 5.73 Å². The summed E-state index contributed by atoms with van der Waals surface area (Å²) in [5.41, 5.74) is 2.89. The summed E-state index contributed by atoms with van der Waals surface area (Å²) in [7, 11) is -11.2. The summed E-state index contributed by atoms with van der Waals surface area (Å²) in [6.07, 6.45) is 3.58. The van der Waals surface area contributed by atoms with E-state index in [0.29, 0.717) is 12.8 Å². The van der Waals surface area contributed by atoms with Crippen molar-refractivity contribution < 1.29 is 94.6 Å². The van der Waals surface area contributed by atoms with E-state index >= 15 is 0 Å². The minimum Gasteiger partial charge on any atom is -0.744 e. The van der Waals surface area contributed by atoms with Crippen LogP contribution in [-0.2, 0) is 20.2 Å². The van der Waals surface area contributed by atoms with E-state index in [0.717, 1.165) is 19.3 Å². The molecule has 1 saturated carbocycles. The van der Waals surface area contributed by atoms with Crippen LogP contribution >= 0.6 is 0 Å². The Labute approximate surface area is 241 Å². The Kier molecular flexibility index (Phi) is 9.24. The second-order valence-electron chi connectivity index (χ2n) is 7.79.